The average Bonchev–Trinajstić information content (AvgIpc) is 2.47. The Balaban J connectivity index is 2.29. The van der Waals surface area contributed by atoms with Crippen LogP contribution in [-0.4, -0.2) is 30.1 Å². The highest BCUT2D eigenvalue weighted by molar-refractivity contribution is 6.35. The fourth-order valence-electron chi connectivity index (χ4n) is 1.78. The molecule has 0 saturated heterocycles. The van der Waals surface area contributed by atoms with Gasteiger partial charge in [0.25, 0.3) is 0 Å². The number of carbonyl (C=O) groups excluding carboxylic acids is 2. The van der Waals surface area contributed by atoms with Crippen molar-refractivity contribution in [2.75, 3.05) is 13.2 Å². The van der Waals surface area contributed by atoms with Crippen LogP contribution in [0.5, 0.6) is 0 Å². The van der Waals surface area contributed by atoms with Gasteiger partial charge in [-0.3, -0.25) is 9.59 Å². The average molecular weight is 278 g/mol. The Morgan fingerprint density at radius 3 is 2.45 bits per heavy atom. The molecule has 0 aliphatic heterocycles. The first kappa shape index (κ1) is 16.2. The van der Waals surface area contributed by atoms with E-state index in [1.165, 1.54) is 0 Å². The molecule has 1 rings (SSSR count). The standard InChI is InChI=1S/C15H22N2O3/c1-12(13-8-4-2-5-9-13)17-15(20)14(19)16-10-6-3-7-11-18/h2,4-5,8-9,12,18H,3,6-7,10-11H2,1H3,(H,16,19)(H,17,20)/t12-/m0/s1. The first-order valence-electron chi connectivity index (χ1n) is 6.89. The molecule has 0 aliphatic rings. The highest BCUT2D eigenvalue weighted by atomic mass is 16.3. The summed E-state index contributed by atoms with van der Waals surface area (Å²) in [5.74, 6) is -1.24. The van der Waals surface area contributed by atoms with E-state index in [9.17, 15) is 9.59 Å². The number of hydrogen-bond acceptors (Lipinski definition) is 3. The van der Waals surface area contributed by atoms with Gasteiger partial charge in [-0.05, 0) is 31.7 Å². The summed E-state index contributed by atoms with van der Waals surface area (Å²) in [6.45, 7) is 2.44. The van der Waals surface area contributed by atoms with Gasteiger partial charge in [-0.1, -0.05) is 30.3 Å². The van der Waals surface area contributed by atoms with Gasteiger partial charge in [0, 0.05) is 13.2 Å². The van der Waals surface area contributed by atoms with E-state index in [2.05, 4.69) is 10.6 Å². The predicted octanol–water partition coefficient (Wildman–Crippen LogP) is 1.14. The van der Waals surface area contributed by atoms with E-state index in [1.807, 2.05) is 37.3 Å². The van der Waals surface area contributed by atoms with Crippen LogP contribution in [0.1, 0.15) is 37.8 Å². The van der Waals surface area contributed by atoms with Crippen LogP contribution in [0, 0.1) is 0 Å². The van der Waals surface area contributed by atoms with E-state index in [0.29, 0.717) is 13.0 Å². The molecular formula is C15H22N2O3. The Morgan fingerprint density at radius 1 is 1.10 bits per heavy atom. The van der Waals surface area contributed by atoms with Crippen LogP contribution in [0.15, 0.2) is 30.3 Å². The minimum absolute atomic E-state index is 0.156. The van der Waals surface area contributed by atoms with Crippen molar-refractivity contribution >= 4 is 11.8 Å². The van der Waals surface area contributed by atoms with Crippen molar-refractivity contribution < 1.29 is 14.7 Å². The maximum Gasteiger partial charge on any atom is 0.309 e. The summed E-state index contributed by atoms with van der Waals surface area (Å²) >= 11 is 0. The Kier molecular flexibility index (Phi) is 7.35. The Morgan fingerprint density at radius 2 is 1.80 bits per heavy atom. The molecular weight excluding hydrogens is 256 g/mol. The fraction of sp³-hybridized carbons (Fsp3) is 0.467. The quantitative estimate of drug-likeness (QED) is 0.517. The highest BCUT2D eigenvalue weighted by Gasteiger charge is 2.16. The summed E-state index contributed by atoms with van der Waals surface area (Å²) in [6, 6.07) is 9.27. The molecule has 0 radical (unpaired) electrons. The summed E-state index contributed by atoms with van der Waals surface area (Å²) in [6.07, 6.45) is 2.31. The molecule has 0 aromatic heterocycles. The van der Waals surface area contributed by atoms with Crippen molar-refractivity contribution in [3.05, 3.63) is 35.9 Å². The number of nitrogens with one attached hydrogen (secondary N) is 2. The molecule has 5 nitrogen and oxygen atoms in total. The third-order valence-electron chi connectivity index (χ3n) is 2.97. The van der Waals surface area contributed by atoms with Crippen molar-refractivity contribution in [3.63, 3.8) is 0 Å². The largest absolute Gasteiger partial charge is 0.396 e. The zero-order valence-corrected chi connectivity index (χ0v) is 11.8. The first-order chi connectivity index (χ1) is 9.65. The van der Waals surface area contributed by atoms with Crippen LogP contribution < -0.4 is 10.6 Å². The Bertz CT molecular complexity index is 420. The van der Waals surface area contributed by atoms with Gasteiger partial charge in [0.2, 0.25) is 0 Å². The number of aliphatic hydroxyl groups excluding tert-OH is 1. The zero-order valence-electron chi connectivity index (χ0n) is 11.8. The number of aliphatic hydroxyl groups is 1. The summed E-state index contributed by atoms with van der Waals surface area (Å²) in [4.78, 5) is 23.3. The first-order valence-corrected chi connectivity index (χ1v) is 6.89. The van der Waals surface area contributed by atoms with Crippen LogP contribution in [0.2, 0.25) is 0 Å². The van der Waals surface area contributed by atoms with Crippen LogP contribution in [0.4, 0.5) is 0 Å². The lowest BCUT2D eigenvalue weighted by Crippen LogP contribution is -2.41. The number of unbranched alkanes of at least 4 members (excludes halogenated alkanes) is 2. The molecule has 2 amide bonds. The van der Waals surface area contributed by atoms with Crippen LogP contribution in [0.25, 0.3) is 0 Å². The third kappa shape index (κ3) is 5.84. The van der Waals surface area contributed by atoms with Crippen molar-refractivity contribution in [3.8, 4) is 0 Å². The van der Waals surface area contributed by atoms with Gasteiger partial charge >= 0.3 is 11.8 Å². The van der Waals surface area contributed by atoms with E-state index in [-0.39, 0.29) is 12.6 Å². The fourth-order valence-corrected chi connectivity index (χ4v) is 1.78. The zero-order chi connectivity index (χ0) is 14.8. The number of benzene rings is 1. The lowest BCUT2D eigenvalue weighted by atomic mass is 10.1. The third-order valence-corrected chi connectivity index (χ3v) is 2.97. The van der Waals surface area contributed by atoms with Gasteiger partial charge in [0.05, 0.1) is 6.04 Å². The molecule has 0 unspecified atom stereocenters. The van der Waals surface area contributed by atoms with Gasteiger partial charge < -0.3 is 15.7 Å². The van der Waals surface area contributed by atoms with E-state index in [4.69, 9.17) is 5.11 Å². The second-order valence-corrected chi connectivity index (χ2v) is 4.65. The Labute approximate surface area is 119 Å². The van der Waals surface area contributed by atoms with Crippen molar-refractivity contribution in [2.45, 2.75) is 32.2 Å². The van der Waals surface area contributed by atoms with Gasteiger partial charge in [-0.2, -0.15) is 0 Å². The lowest BCUT2D eigenvalue weighted by Gasteiger charge is -2.13. The molecule has 0 saturated carbocycles. The maximum absolute atomic E-state index is 11.7. The minimum atomic E-state index is -0.622. The molecule has 110 valence electrons. The van der Waals surface area contributed by atoms with Crippen LogP contribution in [0.3, 0.4) is 0 Å². The van der Waals surface area contributed by atoms with E-state index in [0.717, 1.165) is 18.4 Å². The molecule has 0 aliphatic carbocycles. The molecule has 3 N–H and O–H groups in total. The molecule has 1 aromatic rings. The molecule has 1 aromatic carbocycles. The van der Waals surface area contributed by atoms with Crippen molar-refractivity contribution in [2.24, 2.45) is 0 Å². The van der Waals surface area contributed by atoms with E-state index >= 15 is 0 Å². The predicted molar refractivity (Wildman–Crippen MR) is 76.9 cm³/mol. The van der Waals surface area contributed by atoms with Gasteiger partial charge in [-0.25, -0.2) is 0 Å². The normalized spacial score (nSPS) is 11.7. The minimum Gasteiger partial charge on any atom is -0.396 e. The number of rotatable bonds is 7. The van der Waals surface area contributed by atoms with Gasteiger partial charge in [0.15, 0.2) is 0 Å². The molecule has 1 atom stereocenters. The number of hydrogen-bond donors (Lipinski definition) is 3. The van der Waals surface area contributed by atoms with Crippen molar-refractivity contribution in [1.82, 2.24) is 10.6 Å². The molecule has 0 heterocycles. The summed E-state index contributed by atoms with van der Waals surface area (Å²) < 4.78 is 0. The van der Waals surface area contributed by atoms with E-state index < -0.39 is 11.8 Å². The molecule has 0 spiro atoms. The smallest absolute Gasteiger partial charge is 0.309 e. The summed E-state index contributed by atoms with van der Waals surface area (Å²) in [7, 11) is 0. The lowest BCUT2D eigenvalue weighted by molar-refractivity contribution is -0.139. The van der Waals surface area contributed by atoms with Gasteiger partial charge in [0.1, 0.15) is 0 Å². The van der Waals surface area contributed by atoms with Crippen molar-refractivity contribution in [1.29, 1.82) is 0 Å². The molecule has 5 heteroatoms. The molecule has 20 heavy (non-hydrogen) atoms. The second kappa shape index (κ2) is 9.09. The second-order valence-electron chi connectivity index (χ2n) is 4.65. The SMILES string of the molecule is C[C@H](NC(=O)C(=O)NCCCCCO)c1ccccc1. The maximum atomic E-state index is 11.7. The number of amides is 2. The molecule has 0 fully saturated rings. The monoisotopic (exact) mass is 278 g/mol. The highest BCUT2D eigenvalue weighted by Crippen LogP contribution is 2.10. The van der Waals surface area contributed by atoms with Crippen LogP contribution >= 0.6 is 0 Å². The van der Waals surface area contributed by atoms with Gasteiger partial charge in [-0.15, -0.1) is 0 Å². The summed E-state index contributed by atoms with van der Waals surface area (Å²) in [5, 5.41) is 13.8. The summed E-state index contributed by atoms with van der Waals surface area (Å²) in [5.41, 5.74) is 0.955. The molecule has 0 bridgehead atoms. The van der Waals surface area contributed by atoms with E-state index in [1.54, 1.807) is 0 Å². The van der Waals surface area contributed by atoms with Crippen LogP contribution in [-0.2, 0) is 9.59 Å². The number of carbonyl (C=O) groups is 2. The topological polar surface area (TPSA) is 78.4 Å². The Hall–Kier alpha value is -1.88.